The highest BCUT2D eigenvalue weighted by Gasteiger charge is 2.13. The Bertz CT molecular complexity index is 2560. The van der Waals surface area contributed by atoms with E-state index in [0.29, 0.717) is 56.0 Å². The molecule has 9 rings (SSSR count). The number of halogens is 3. The Morgan fingerprint density at radius 2 is 0.569 bits per heavy atom. The van der Waals surface area contributed by atoms with Gasteiger partial charge in [-0.05, 0) is 91.0 Å². The van der Waals surface area contributed by atoms with Crippen molar-refractivity contribution >= 4 is 43.6 Å². The van der Waals surface area contributed by atoms with E-state index in [2.05, 4.69) is 0 Å². The Morgan fingerprint density at radius 1 is 0.294 bits per heavy atom. The van der Waals surface area contributed by atoms with Gasteiger partial charge in [-0.3, -0.25) is 0 Å². The molecule has 0 spiro atoms. The third-order valence-electron chi connectivity index (χ3n) is 8.81. The van der Waals surface area contributed by atoms with Crippen LogP contribution in [0.25, 0.3) is 88.6 Å². The van der Waals surface area contributed by atoms with Gasteiger partial charge in [0.2, 0.25) is 0 Å². The van der Waals surface area contributed by atoms with Gasteiger partial charge >= 0.3 is 0 Å². The highest BCUT2D eigenvalue weighted by Crippen LogP contribution is 2.33. The second-order valence-corrected chi connectivity index (χ2v) is 11.9. The Hall–Kier alpha value is -6.47. The Balaban J connectivity index is 0.00000184. The van der Waals surface area contributed by atoms with E-state index in [1.165, 1.54) is 36.4 Å². The van der Waals surface area contributed by atoms with Crippen molar-refractivity contribution in [2.24, 2.45) is 0 Å². The van der Waals surface area contributed by atoms with Crippen LogP contribution in [0.4, 0.5) is 13.2 Å². The lowest BCUT2D eigenvalue weighted by molar-refractivity contribution is 0.627. The molecule has 0 aliphatic carbocycles. The van der Waals surface area contributed by atoms with Crippen LogP contribution in [0.5, 0.6) is 0 Å². The average molecular weight is 671 g/mol. The molecule has 4 nitrogen and oxygen atoms in total. The lowest BCUT2D eigenvalue weighted by Gasteiger charge is -2.11. The quantitative estimate of drug-likeness (QED) is 0.175. The summed E-state index contributed by atoms with van der Waals surface area (Å²) in [7, 11) is 0. The zero-order chi connectivity index (χ0) is 35.1. The van der Waals surface area contributed by atoms with Gasteiger partial charge < -0.3 is 0 Å². The maximum absolute atomic E-state index is 15.3. The van der Waals surface area contributed by atoms with Crippen molar-refractivity contribution in [1.82, 2.24) is 19.9 Å². The maximum atomic E-state index is 15.3. The third-order valence-corrected chi connectivity index (χ3v) is 8.81. The summed E-state index contributed by atoms with van der Waals surface area (Å²) >= 11 is 0. The number of hydrogen-bond acceptors (Lipinski definition) is 4. The van der Waals surface area contributed by atoms with Crippen LogP contribution in [0, 0.1) is 17.5 Å². The first-order chi connectivity index (χ1) is 24.9. The fourth-order valence-electron chi connectivity index (χ4n) is 6.31. The Kier molecular flexibility index (Phi) is 8.16. The Morgan fingerprint density at radius 3 is 0.882 bits per heavy atom. The van der Waals surface area contributed by atoms with E-state index < -0.39 is 5.82 Å². The van der Waals surface area contributed by atoms with Crippen molar-refractivity contribution in [3.63, 3.8) is 0 Å². The number of pyridine rings is 4. The van der Waals surface area contributed by atoms with Crippen LogP contribution >= 0.6 is 0 Å². The molecule has 246 valence electrons. The van der Waals surface area contributed by atoms with Gasteiger partial charge in [0.15, 0.2) is 0 Å². The first kappa shape index (κ1) is 31.8. The highest BCUT2D eigenvalue weighted by molar-refractivity contribution is 6.05. The SMILES string of the molecule is CC.Fc1ccc(-c2ccc3ccc4ccc(-c5cc(F)cc(-c6ccc7ccc8ccc(-c9ccc(F)cc9)nc8c7n6)c5)nc4c3n2)cc1. The predicted molar refractivity (Wildman–Crippen MR) is 201 cm³/mol. The summed E-state index contributed by atoms with van der Waals surface area (Å²) in [6, 6.07) is 40.7. The number of fused-ring (bicyclic) bond motifs is 6. The van der Waals surface area contributed by atoms with Gasteiger partial charge in [-0.25, -0.2) is 33.1 Å². The predicted octanol–water partition coefficient (Wildman–Crippen LogP) is 12.0. The van der Waals surface area contributed by atoms with Gasteiger partial charge in [0.25, 0.3) is 0 Å². The van der Waals surface area contributed by atoms with Crippen molar-refractivity contribution in [3.05, 3.63) is 157 Å². The highest BCUT2D eigenvalue weighted by atomic mass is 19.1. The summed E-state index contributed by atoms with van der Waals surface area (Å²) in [5.41, 5.74) is 8.14. The molecule has 0 bridgehead atoms. The van der Waals surface area contributed by atoms with E-state index in [1.807, 2.05) is 92.7 Å². The minimum absolute atomic E-state index is 0.310. The fourth-order valence-corrected chi connectivity index (χ4v) is 6.31. The number of nitrogens with zero attached hydrogens (tertiary/aromatic N) is 4. The maximum Gasteiger partial charge on any atom is 0.124 e. The second kappa shape index (κ2) is 13.1. The van der Waals surface area contributed by atoms with E-state index in [1.54, 1.807) is 24.3 Å². The molecule has 0 N–H and O–H groups in total. The van der Waals surface area contributed by atoms with E-state index in [4.69, 9.17) is 19.9 Å². The molecule has 51 heavy (non-hydrogen) atoms. The van der Waals surface area contributed by atoms with Gasteiger partial charge in [0.05, 0.1) is 44.8 Å². The number of rotatable bonds is 4. The normalized spacial score (nSPS) is 11.2. The summed E-state index contributed by atoms with van der Waals surface area (Å²) in [5.74, 6) is -1.04. The lowest BCUT2D eigenvalue weighted by Crippen LogP contribution is -1.93. The van der Waals surface area contributed by atoms with Gasteiger partial charge in [0.1, 0.15) is 17.5 Å². The van der Waals surface area contributed by atoms with Crippen LogP contribution in [0.15, 0.2) is 140 Å². The average Bonchev–Trinajstić information content (AvgIpc) is 3.18. The van der Waals surface area contributed by atoms with Crippen LogP contribution in [0.2, 0.25) is 0 Å². The van der Waals surface area contributed by atoms with Gasteiger partial charge in [0, 0.05) is 43.8 Å². The molecule has 4 aromatic heterocycles. The molecule has 4 heterocycles. The molecule has 0 aliphatic heterocycles. The van der Waals surface area contributed by atoms with Crippen molar-refractivity contribution < 1.29 is 13.2 Å². The lowest BCUT2D eigenvalue weighted by atomic mass is 10.0. The van der Waals surface area contributed by atoms with Gasteiger partial charge in [-0.15, -0.1) is 0 Å². The van der Waals surface area contributed by atoms with Crippen LogP contribution in [0.3, 0.4) is 0 Å². The van der Waals surface area contributed by atoms with Crippen LogP contribution in [-0.2, 0) is 0 Å². The van der Waals surface area contributed by atoms with Crippen LogP contribution in [-0.4, -0.2) is 19.9 Å². The summed E-state index contributed by atoms with van der Waals surface area (Å²) in [6.45, 7) is 4.00. The topological polar surface area (TPSA) is 51.6 Å². The third kappa shape index (κ3) is 6.04. The molecule has 0 atom stereocenters. The monoisotopic (exact) mass is 670 g/mol. The second-order valence-electron chi connectivity index (χ2n) is 11.9. The van der Waals surface area contributed by atoms with E-state index in [0.717, 1.165) is 32.7 Å². The van der Waals surface area contributed by atoms with E-state index in [9.17, 15) is 8.78 Å². The number of benzene rings is 5. The summed E-state index contributed by atoms with van der Waals surface area (Å²) in [6.07, 6.45) is 0. The molecule has 0 unspecified atom stereocenters. The summed E-state index contributed by atoms with van der Waals surface area (Å²) < 4.78 is 42.5. The van der Waals surface area contributed by atoms with Crippen molar-refractivity contribution in [2.45, 2.75) is 13.8 Å². The first-order valence-corrected chi connectivity index (χ1v) is 16.7. The zero-order valence-electron chi connectivity index (χ0n) is 27.7. The smallest absolute Gasteiger partial charge is 0.124 e. The van der Waals surface area contributed by atoms with Gasteiger partial charge in [-0.2, -0.15) is 0 Å². The molecular formula is C44H29F3N4. The molecule has 0 saturated carbocycles. The van der Waals surface area contributed by atoms with Crippen molar-refractivity contribution in [3.8, 4) is 45.0 Å². The minimum atomic E-state index is -0.416. The minimum Gasteiger partial charge on any atom is -0.245 e. The first-order valence-electron chi connectivity index (χ1n) is 16.7. The molecule has 5 aromatic carbocycles. The fraction of sp³-hybridized carbons (Fsp3) is 0.0455. The summed E-state index contributed by atoms with van der Waals surface area (Å²) in [4.78, 5) is 19.8. The van der Waals surface area contributed by atoms with E-state index >= 15 is 4.39 Å². The molecule has 0 amide bonds. The van der Waals surface area contributed by atoms with Crippen LogP contribution < -0.4 is 0 Å². The number of aromatic nitrogens is 4. The Labute approximate surface area is 291 Å². The van der Waals surface area contributed by atoms with Crippen molar-refractivity contribution in [2.75, 3.05) is 0 Å². The molecule has 0 aliphatic rings. The zero-order valence-corrected chi connectivity index (χ0v) is 27.7. The largest absolute Gasteiger partial charge is 0.245 e. The molecular weight excluding hydrogens is 642 g/mol. The van der Waals surface area contributed by atoms with Crippen molar-refractivity contribution in [1.29, 1.82) is 0 Å². The van der Waals surface area contributed by atoms with Gasteiger partial charge in [-0.1, -0.05) is 62.4 Å². The number of hydrogen-bond donors (Lipinski definition) is 0. The van der Waals surface area contributed by atoms with Crippen LogP contribution in [0.1, 0.15) is 13.8 Å². The molecule has 0 radical (unpaired) electrons. The summed E-state index contributed by atoms with van der Waals surface area (Å²) in [5, 5.41) is 3.61. The molecule has 0 fully saturated rings. The molecule has 7 heteroatoms. The molecule has 0 saturated heterocycles. The standard InChI is InChI=1S/C42H23F3N4.C2H6/c43-32-13-5-24(6-14-32)35-17-9-26-1-3-28-11-19-37(48-41(28)39(26)46-35)30-21-31(23-34(45)22-30)38-20-12-29-4-2-27-10-18-36(47-40(27)42(29)49-38)25-7-15-33(44)16-8-25;1-2/h1-23H;1-2H3. The molecule has 9 aromatic rings. The van der Waals surface area contributed by atoms with E-state index in [-0.39, 0.29) is 11.6 Å².